The third-order valence-corrected chi connectivity index (χ3v) is 6.18. The lowest BCUT2D eigenvalue weighted by Gasteiger charge is -2.27. The van der Waals surface area contributed by atoms with Crippen molar-refractivity contribution in [3.05, 3.63) is 65.8 Å². The Bertz CT molecular complexity index is 559. The van der Waals surface area contributed by atoms with Gasteiger partial charge in [-0.2, -0.15) is 0 Å². The Labute approximate surface area is 143 Å². The molecule has 0 aromatic heterocycles. The second-order valence-corrected chi connectivity index (χ2v) is 7.88. The first-order chi connectivity index (χ1) is 8.82. The molecule has 0 N–H and O–H groups in total. The molecule has 2 aromatic carbocycles. The Morgan fingerprint density at radius 1 is 0.737 bits per heavy atom. The van der Waals surface area contributed by atoms with E-state index in [1.807, 2.05) is 0 Å². The first-order valence-electron chi connectivity index (χ1n) is 6.35. The third-order valence-electron chi connectivity index (χ3n) is 3.76. The van der Waals surface area contributed by atoms with Crippen LogP contribution in [0.3, 0.4) is 0 Å². The minimum atomic E-state index is 0.0458. The number of hydrogen-bond acceptors (Lipinski definition) is 0. The van der Waals surface area contributed by atoms with Crippen LogP contribution in [-0.4, -0.2) is 0 Å². The highest BCUT2D eigenvalue weighted by molar-refractivity contribution is 14.1. The van der Waals surface area contributed by atoms with E-state index in [0.717, 1.165) is 0 Å². The van der Waals surface area contributed by atoms with Gasteiger partial charge < -0.3 is 0 Å². The molecule has 100 valence electrons. The summed E-state index contributed by atoms with van der Waals surface area (Å²) in [7, 11) is 0. The molecule has 0 saturated heterocycles. The lowest BCUT2D eigenvalue weighted by Crippen LogP contribution is -2.19. The van der Waals surface area contributed by atoms with E-state index in [9.17, 15) is 0 Å². The summed E-state index contributed by atoms with van der Waals surface area (Å²) in [5.41, 5.74) is 5.52. The summed E-state index contributed by atoms with van der Waals surface area (Å²) in [6, 6.07) is 13.6. The molecule has 0 atom stereocenters. The fourth-order valence-electron chi connectivity index (χ4n) is 2.23. The molecule has 0 amide bonds. The van der Waals surface area contributed by atoms with Crippen molar-refractivity contribution in [3.63, 3.8) is 0 Å². The van der Waals surface area contributed by atoms with E-state index in [0.29, 0.717) is 0 Å². The van der Waals surface area contributed by atoms with Gasteiger partial charge in [0.05, 0.1) is 0 Å². The first-order valence-corrected chi connectivity index (χ1v) is 8.51. The van der Waals surface area contributed by atoms with Crippen molar-refractivity contribution in [3.8, 4) is 0 Å². The number of hydrogen-bond donors (Lipinski definition) is 0. The molecule has 2 rings (SSSR count). The van der Waals surface area contributed by atoms with E-state index < -0.39 is 0 Å². The van der Waals surface area contributed by atoms with Crippen molar-refractivity contribution in [2.75, 3.05) is 0 Å². The van der Waals surface area contributed by atoms with E-state index in [-0.39, 0.29) is 5.41 Å². The zero-order valence-corrected chi connectivity index (χ0v) is 16.0. The number of aryl methyl sites for hydroxylation is 2. The van der Waals surface area contributed by atoms with Gasteiger partial charge in [-0.05, 0) is 93.4 Å². The monoisotopic (exact) mass is 476 g/mol. The van der Waals surface area contributed by atoms with Gasteiger partial charge >= 0.3 is 0 Å². The summed E-state index contributed by atoms with van der Waals surface area (Å²) in [4.78, 5) is 0. The van der Waals surface area contributed by atoms with Gasteiger partial charge in [-0.15, -0.1) is 0 Å². The Kier molecular flexibility index (Phi) is 4.60. The summed E-state index contributed by atoms with van der Waals surface area (Å²) < 4.78 is 2.66. The number of rotatable bonds is 2. The molecule has 0 unspecified atom stereocenters. The van der Waals surface area contributed by atoms with Crippen LogP contribution in [-0.2, 0) is 5.41 Å². The highest BCUT2D eigenvalue weighted by Crippen LogP contribution is 2.33. The molecule has 2 aromatic rings. The Balaban J connectivity index is 2.51. The summed E-state index contributed by atoms with van der Waals surface area (Å²) in [6.45, 7) is 8.97. The summed E-state index contributed by atoms with van der Waals surface area (Å²) in [5, 5.41) is 0. The Morgan fingerprint density at radius 3 is 1.42 bits per heavy atom. The molecule has 0 aliphatic rings. The lowest BCUT2D eigenvalue weighted by atomic mass is 9.77. The van der Waals surface area contributed by atoms with Gasteiger partial charge in [-0.3, -0.25) is 0 Å². The zero-order valence-electron chi connectivity index (χ0n) is 11.7. The molecule has 19 heavy (non-hydrogen) atoms. The maximum atomic E-state index is 2.39. The van der Waals surface area contributed by atoms with Crippen LogP contribution in [0.4, 0.5) is 0 Å². The second kappa shape index (κ2) is 5.72. The third kappa shape index (κ3) is 3.15. The Hall–Kier alpha value is -0.100. The quantitative estimate of drug-likeness (QED) is 0.479. The highest BCUT2D eigenvalue weighted by atomic mass is 127. The Morgan fingerprint density at radius 2 is 1.11 bits per heavy atom. The molecule has 0 fully saturated rings. The lowest BCUT2D eigenvalue weighted by molar-refractivity contribution is 0.639. The normalized spacial score (nSPS) is 11.7. The van der Waals surface area contributed by atoms with Crippen LogP contribution in [0.1, 0.15) is 36.1 Å². The smallest absolute Gasteiger partial charge is 0.0159 e. The van der Waals surface area contributed by atoms with Crippen LogP contribution in [0.25, 0.3) is 0 Å². The highest BCUT2D eigenvalue weighted by Gasteiger charge is 2.23. The average Bonchev–Trinajstić information content (AvgIpc) is 2.35. The van der Waals surface area contributed by atoms with Crippen LogP contribution < -0.4 is 0 Å². The summed E-state index contributed by atoms with van der Waals surface area (Å²) in [5.74, 6) is 0. The van der Waals surface area contributed by atoms with Crippen LogP contribution in [0.2, 0.25) is 0 Å². The van der Waals surface area contributed by atoms with Gasteiger partial charge in [-0.25, -0.2) is 0 Å². The largest absolute Gasteiger partial charge is 0.0571 e. The maximum absolute atomic E-state index is 2.39. The zero-order chi connectivity index (χ0) is 14.2. The van der Waals surface area contributed by atoms with Crippen LogP contribution in [0.15, 0.2) is 36.4 Å². The minimum Gasteiger partial charge on any atom is -0.0571 e. The van der Waals surface area contributed by atoms with E-state index in [1.165, 1.54) is 29.4 Å². The summed E-state index contributed by atoms with van der Waals surface area (Å²) >= 11 is 4.79. The topological polar surface area (TPSA) is 0 Å². The molecule has 0 bridgehead atoms. The first kappa shape index (κ1) is 15.3. The van der Waals surface area contributed by atoms with E-state index >= 15 is 0 Å². The fraction of sp³-hybridized carbons (Fsp3) is 0.294. The number of benzene rings is 2. The fourth-order valence-corrected chi connectivity index (χ4v) is 2.90. The molecule has 0 spiro atoms. The molecule has 0 saturated carbocycles. The molecular formula is C17H18I2. The minimum absolute atomic E-state index is 0.0458. The van der Waals surface area contributed by atoms with E-state index in [1.54, 1.807) is 0 Å². The van der Waals surface area contributed by atoms with Crippen molar-refractivity contribution < 1.29 is 0 Å². The van der Waals surface area contributed by atoms with Gasteiger partial charge in [0, 0.05) is 12.6 Å². The average molecular weight is 476 g/mol. The molecule has 0 radical (unpaired) electrons. The van der Waals surface area contributed by atoms with Crippen molar-refractivity contribution in [1.82, 2.24) is 0 Å². The predicted octanol–water partition coefficient (Wildman–Crippen LogP) is 5.84. The van der Waals surface area contributed by atoms with Gasteiger partial charge in [0.1, 0.15) is 0 Å². The van der Waals surface area contributed by atoms with Gasteiger partial charge in [-0.1, -0.05) is 38.1 Å². The van der Waals surface area contributed by atoms with Gasteiger partial charge in [0.25, 0.3) is 0 Å². The van der Waals surface area contributed by atoms with Crippen LogP contribution in [0, 0.1) is 21.0 Å². The SMILES string of the molecule is Cc1cc(C(C)(C)c2ccc(I)c(C)c2)ccc1I. The predicted molar refractivity (Wildman–Crippen MR) is 99.9 cm³/mol. The molecule has 2 heteroatoms. The van der Waals surface area contributed by atoms with Crippen molar-refractivity contribution in [1.29, 1.82) is 0 Å². The van der Waals surface area contributed by atoms with Gasteiger partial charge in [0.2, 0.25) is 0 Å². The van der Waals surface area contributed by atoms with Crippen LogP contribution in [0.5, 0.6) is 0 Å². The van der Waals surface area contributed by atoms with Crippen molar-refractivity contribution >= 4 is 45.2 Å². The van der Waals surface area contributed by atoms with E-state index in [4.69, 9.17) is 0 Å². The second-order valence-electron chi connectivity index (χ2n) is 5.55. The molecule has 0 nitrogen and oxygen atoms in total. The number of halogens is 2. The van der Waals surface area contributed by atoms with Crippen LogP contribution >= 0.6 is 45.2 Å². The summed E-state index contributed by atoms with van der Waals surface area (Å²) in [6.07, 6.45) is 0. The van der Waals surface area contributed by atoms with Crippen molar-refractivity contribution in [2.45, 2.75) is 33.1 Å². The van der Waals surface area contributed by atoms with Gasteiger partial charge in [0.15, 0.2) is 0 Å². The molecule has 0 aliphatic carbocycles. The molecular weight excluding hydrogens is 458 g/mol. The van der Waals surface area contributed by atoms with Crippen molar-refractivity contribution in [2.24, 2.45) is 0 Å². The maximum Gasteiger partial charge on any atom is 0.0159 e. The molecule has 0 aliphatic heterocycles. The van der Waals surface area contributed by atoms with E-state index in [2.05, 4.69) is 109 Å². The standard InChI is InChI=1S/C17H18I2/c1-11-9-13(5-7-15(11)18)17(3,4)14-6-8-16(19)12(2)10-14/h5-10H,1-4H3. The molecule has 0 heterocycles.